The minimum Gasteiger partial charge on any atom is -0.444 e. The fraction of sp³-hybridized carbons (Fsp3) is 0.810. The van der Waals surface area contributed by atoms with Gasteiger partial charge in [-0.1, -0.05) is 12.8 Å². The molecule has 2 heterocycles. The highest BCUT2D eigenvalue weighted by atomic mass is 16.6. The van der Waals surface area contributed by atoms with Crippen LogP contribution in [-0.4, -0.2) is 52.0 Å². The van der Waals surface area contributed by atoms with E-state index in [1.165, 1.54) is 18.4 Å². The minimum absolute atomic E-state index is 0.156. The fourth-order valence-corrected chi connectivity index (χ4v) is 3.73. The molecule has 1 amide bonds. The number of ether oxygens (including phenoxy) is 1. The number of H-pyrrole nitrogens is 1. The van der Waals surface area contributed by atoms with Crippen LogP contribution in [0.1, 0.15) is 77.5 Å². The van der Waals surface area contributed by atoms with Crippen LogP contribution in [0.25, 0.3) is 0 Å². The summed E-state index contributed by atoms with van der Waals surface area (Å²) in [6, 6.07) is 0.643. The van der Waals surface area contributed by atoms with Gasteiger partial charge in [0.05, 0.1) is 6.20 Å². The number of aromatic amines is 1. The lowest BCUT2D eigenvalue weighted by atomic mass is 10.0. The van der Waals surface area contributed by atoms with Crippen molar-refractivity contribution in [2.24, 2.45) is 0 Å². The SMILES string of the molecule is Cc1[nH]ncc1CCCN[C@@H](C)C[C@H]1CCCCCN1C(=O)OC(C)(C)C. The summed E-state index contributed by atoms with van der Waals surface area (Å²) >= 11 is 0. The molecule has 6 nitrogen and oxygen atoms in total. The van der Waals surface area contributed by atoms with Gasteiger partial charge in [-0.15, -0.1) is 0 Å². The van der Waals surface area contributed by atoms with E-state index in [2.05, 4.69) is 29.4 Å². The number of aryl methyl sites for hydroxylation is 2. The lowest BCUT2D eigenvalue weighted by molar-refractivity contribution is 0.0150. The van der Waals surface area contributed by atoms with Crippen molar-refractivity contribution >= 4 is 6.09 Å². The first-order chi connectivity index (χ1) is 12.8. The van der Waals surface area contributed by atoms with Crippen LogP contribution in [0.15, 0.2) is 6.20 Å². The van der Waals surface area contributed by atoms with E-state index in [0.29, 0.717) is 6.04 Å². The van der Waals surface area contributed by atoms with Crippen LogP contribution >= 0.6 is 0 Å². The molecule has 0 aliphatic carbocycles. The minimum atomic E-state index is -0.441. The van der Waals surface area contributed by atoms with Crippen molar-refractivity contribution in [3.8, 4) is 0 Å². The van der Waals surface area contributed by atoms with Crippen LogP contribution < -0.4 is 5.32 Å². The molecule has 1 aliphatic rings. The summed E-state index contributed by atoms with van der Waals surface area (Å²) < 4.78 is 5.65. The lowest BCUT2D eigenvalue weighted by Crippen LogP contribution is -2.45. The Balaban J connectivity index is 1.80. The molecule has 1 aliphatic heterocycles. The second-order valence-corrected chi connectivity index (χ2v) is 8.89. The summed E-state index contributed by atoms with van der Waals surface area (Å²) in [5.41, 5.74) is 2.02. The van der Waals surface area contributed by atoms with E-state index in [9.17, 15) is 4.79 Å². The highest BCUT2D eigenvalue weighted by Gasteiger charge is 2.30. The average Bonchev–Trinajstić information content (AvgIpc) is 2.83. The van der Waals surface area contributed by atoms with Gasteiger partial charge in [-0.25, -0.2) is 4.79 Å². The van der Waals surface area contributed by atoms with Crippen LogP contribution in [0.2, 0.25) is 0 Å². The van der Waals surface area contributed by atoms with Crippen molar-refractivity contribution in [2.75, 3.05) is 13.1 Å². The van der Waals surface area contributed by atoms with Crippen molar-refractivity contribution in [2.45, 2.75) is 97.2 Å². The Morgan fingerprint density at radius 1 is 1.41 bits per heavy atom. The zero-order chi connectivity index (χ0) is 19.9. The highest BCUT2D eigenvalue weighted by Crippen LogP contribution is 2.23. The summed E-state index contributed by atoms with van der Waals surface area (Å²) in [6.07, 6.45) is 9.39. The Labute approximate surface area is 164 Å². The number of nitrogens with zero attached hydrogens (tertiary/aromatic N) is 2. The molecule has 0 unspecified atom stereocenters. The molecular weight excluding hydrogens is 340 g/mol. The molecule has 2 atom stereocenters. The van der Waals surface area contributed by atoms with Gasteiger partial charge < -0.3 is 15.0 Å². The maximum Gasteiger partial charge on any atom is 0.410 e. The molecule has 0 bridgehead atoms. The number of carbonyl (C=O) groups excluding carboxylic acids is 1. The Bertz CT molecular complexity index is 579. The summed E-state index contributed by atoms with van der Waals surface area (Å²) in [4.78, 5) is 14.6. The normalized spacial score (nSPS) is 19.6. The van der Waals surface area contributed by atoms with Gasteiger partial charge in [0.15, 0.2) is 0 Å². The number of amides is 1. The second-order valence-electron chi connectivity index (χ2n) is 8.89. The van der Waals surface area contributed by atoms with Gasteiger partial charge in [-0.05, 0) is 78.8 Å². The lowest BCUT2D eigenvalue weighted by Gasteiger charge is -2.33. The van der Waals surface area contributed by atoms with E-state index in [0.717, 1.165) is 50.9 Å². The molecule has 154 valence electrons. The molecule has 0 saturated carbocycles. The van der Waals surface area contributed by atoms with E-state index in [1.54, 1.807) is 0 Å². The number of rotatable bonds is 7. The quantitative estimate of drug-likeness (QED) is 0.698. The second kappa shape index (κ2) is 10.1. The van der Waals surface area contributed by atoms with Crippen LogP contribution in [-0.2, 0) is 11.2 Å². The van der Waals surface area contributed by atoms with Gasteiger partial charge in [0.2, 0.25) is 0 Å². The summed E-state index contributed by atoms with van der Waals surface area (Å²) in [5.74, 6) is 0. The molecule has 2 N–H and O–H groups in total. The number of carbonyl (C=O) groups is 1. The first kappa shape index (κ1) is 21.7. The Kier molecular flexibility index (Phi) is 8.14. The Hall–Kier alpha value is -1.56. The number of hydrogen-bond donors (Lipinski definition) is 2. The Morgan fingerprint density at radius 2 is 2.19 bits per heavy atom. The fourth-order valence-electron chi connectivity index (χ4n) is 3.73. The molecule has 1 aromatic heterocycles. The molecule has 1 fully saturated rings. The molecule has 27 heavy (non-hydrogen) atoms. The van der Waals surface area contributed by atoms with Gasteiger partial charge >= 0.3 is 6.09 Å². The predicted octanol–water partition coefficient (Wildman–Crippen LogP) is 4.20. The standard InChI is InChI=1S/C21H38N4O2/c1-16(22-12-9-10-18-15-23-24-17(18)2)14-19-11-7-6-8-13-25(19)20(26)27-21(3,4)5/h15-16,19,22H,6-14H2,1-5H3,(H,23,24)/t16-,19+/m0/s1. The Morgan fingerprint density at radius 3 is 2.85 bits per heavy atom. The maximum absolute atomic E-state index is 12.7. The van der Waals surface area contributed by atoms with Crippen molar-refractivity contribution in [1.29, 1.82) is 0 Å². The molecule has 0 radical (unpaired) electrons. The zero-order valence-electron chi connectivity index (χ0n) is 17.8. The van der Waals surface area contributed by atoms with Crippen LogP contribution in [0.3, 0.4) is 0 Å². The molecule has 6 heteroatoms. The smallest absolute Gasteiger partial charge is 0.410 e. The average molecular weight is 379 g/mol. The molecule has 0 aromatic carbocycles. The molecule has 1 aromatic rings. The first-order valence-electron chi connectivity index (χ1n) is 10.5. The van der Waals surface area contributed by atoms with Crippen molar-refractivity contribution in [3.05, 3.63) is 17.5 Å². The van der Waals surface area contributed by atoms with E-state index >= 15 is 0 Å². The van der Waals surface area contributed by atoms with Crippen molar-refractivity contribution in [3.63, 3.8) is 0 Å². The third-order valence-corrected chi connectivity index (χ3v) is 5.18. The van der Waals surface area contributed by atoms with Gasteiger partial charge in [0, 0.05) is 24.3 Å². The summed E-state index contributed by atoms with van der Waals surface area (Å²) in [6.45, 7) is 11.9. The number of nitrogens with one attached hydrogen (secondary N) is 2. The van der Waals surface area contributed by atoms with Crippen LogP contribution in [0, 0.1) is 6.92 Å². The number of hydrogen-bond acceptors (Lipinski definition) is 4. The number of likely N-dealkylation sites (tertiary alicyclic amines) is 1. The third kappa shape index (κ3) is 7.53. The third-order valence-electron chi connectivity index (χ3n) is 5.18. The van der Waals surface area contributed by atoms with Gasteiger partial charge in [-0.3, -0.25) is 5.10 Å². The van der Waals surface area contributed by atoms with E-state index in [4.69, 9.17) is 4.74 Å². The summed E-state index contributed by atoms with van der Waals surface area (Å²) in [7, 11) is 0. The topological polar surface area (TPSA) is 70.2 Å². The molecule has 2 rings (SSSR count). The van der Waals surface area contributed by atoms with E-state index in [1.807, 2.05) is 31.9 Å². The van der Waals surface area contributed by atoms with E-state index in [-0.39, 0.29) is 12.1 Å². The molecule has 0 spiro atoms. The van der Waals surface area contributed by atoms with Crippen molar-refractivity contribution in [1.82, 2.24) is 20.4 Å². The van der Waals surface area contributed by atoms with Gasteiger partial charge in [0.1, 0.15) is 5.60 Å². The van der Waals surface area contributed by atoms with Crippen LogP contribution in [0.5, 0.6) is 0 Å². The van der Waals surface area contributed by atoms with Crippen molar-refractivity contribution < 1.29 is 9.53 Å². The van der Waals surface area contributed by atoms with E-state index < -0.39 is 5.60 Å². The predicted molar refractivity (Wildman–Crippen MR) is 109 cm³/mol. The number of aromatic nitrogens is 2. The van der Waals surface area contributed by atoms with Gasteiger partial charge in [0.25, 0.3) is 0 Å². The molecule has 1 saturated heterocycles. The largest absolute Gasteiger partial charge is 0.444 e. The molecular formula is C21H38N4O2. The van der Waals surface area contributed by atoms with Gasteiger partial charge in [-0.2, -0.15) is 5.10 Å². The monoisotopic (exact) mass is 378 g/mol. The maximum atomic E-state index is 12.7. The summed E-state index contributed by atoms with van der Waals surface area (Å²) in [5, 5.41) is 10.7. The van der Waals surface area contributed by atoms with Crippen LogP contribution in [0.4, 0.5) is 4.79 Å². The highest BCUT2D eigenvalue weighted by molar-refractivity contribution is 5.68. The zero-order valence-corrected chi connectivity index (χ0v) is 17.8. The first-order valence-corrected chi connectivity index (χ1v) is 10.5.